The number of hydrogen-bond donors (Lipinski definition) is 4. The molecule has 2 aliphatic heterocycles. The fourth-order valence-corrected chi connectivity index (χ4v) is 3.69. The van der Waals surface area contributed by atoms with E-state index in [2.05, 4.69) is 5.32 Å². The van der Waals surface area contributed by atoms with Gasteiger partial charge in [-0.1, -0.05) is 30.3 Å². The number of amides is 1. The van der Waals surface area contributed by atoms with Crippen LogP contribution in [0.25, 0.3) is 0 Å². The topological polar surface area (TPSA) is 117 Å². The molecule has 1 aromatic carbocycles. The van der Waals surface area contributed by atoms with Crippen LogP contribution in [0.4, 0.5) is 0 Å². The molecular weight excluding hydrogens is 378 g/mol. The summed E-state index contributed by atoms with van der Waals surface area (Å²) < 4.78 is 17.0. The van der Waals surface area contributed by atoms with Crippen LogP contribution in [-0.4, -0.2) is 84.2 Å². The van der Waals surface area contributed by atoms with Gasteiger partial charge in [-0.05, 0) is 24.8 Å². The molecule has 0 radical (unpaired) electrons. The maximum absolute atomic E-state index is 12.6. The molecule has 162 valence electrons. The number of hydrogen-bond acceptors (Lipinski definition) is 7. The SMILES string of the molecule is O=C1C[C@@H]2O[C@H](COCCCCOC[C@H](Cc3ccccc3)N1)[C@@H](O)[C@H](O)[C@H]2O. The molecule has 2 aliphatic rings. The summed E-state index contributed by atoms with van der Waals surface area (Å²) in [6.07, 6.45) is -3.66. The van der Waals surface area contributed by atoms with Gasteiger partial charge >= 0.3 is 0 Å². The van der Waals surface area contributed by atoms with Crippen molar-refractivity contribution in [1.82, 2.24) is 5.32 Å². The van der Waals surface area contributed by atoms with Crippen molar-refractivity contribution in [3.8, 4) is 0 Å². The zero-order valence-electron chi connectivity index (χ0n) is 16.5. The Bertz CT molecular complexity index is 629. The summed E-state index contributed by atoms with van der Waals surface area (Å²) in [7, 11) is 0. The minimum atomic E-state index is -1.39. The predicted octanol–water partition coefficient (Wildman–Crippen LogP) is -0.219. The lowest BCUT2D eigenvalue weighted by molar-refractivity contribution is -0.233. The molecule has 1 amide bonds. The molecule has 4 N–H and O–H groups in total. The second-order valence-electron chi connectivity index (χ2n) is 7.70. The first-order chi connectivity index (χ1) is 14.0. The van der Waals surface area contributed by atoms with Crippen molar-refractivity contribution < 1.29 is 34.3 Å². The maximum Gasteiger partial charge on any atom is 0.223 e. The van der Waals surface area contributed by atoms with Crippen LogP contribution < -0.4 is 5.32 Å². The van der Waals surface area contributed by atoms with Crippen LogP contribution in [0.2, 0.25) is 0 Å². The van der Waals surface area contributed by atoms with Gasteiger partial charge in [0.05, 0.1) is 31.8 Å². The summed E-state index contributed by atoms with van der Waals surface area (Å²) in [6, 6.07) is 9.60. The molecule has 6 atom stereocenters. The summed E-state index contributed by atoms with van der Waals surface area (Å²) in [5.41, 5.74) is 1.08. The number of carbonyl (C=O) groups excluding carboxylic acids is 1. The van der Waals surface area contributed by atoms with Crippen molar-refractivity contribution in [1.29, 1.82) is 0 Å². The van der Waals surface area contributed by atoms with Crippen molar-refractivity contribution in [3.63, 3.8) is 0 Å². The highest BCUT2D eigenvalue weighted by Crippen LogP contribution is 2.24. The maximum atomic E-state index is 12.6. The Balaban J connectivity index is 1.68. The van der Waals surface area contributed by atoms with Crippen LogP contribution in [0, 0.1) is 0 Å². The van der Waals surface area contributed by atoms with Gasteiger partial charge in [0.2, 0.25) is 5.91 Å². The number of benzene rings is 1. The van der Waals surface area contributed by atoms with E-state index in [9.17, 15) is 20.1 Å². The van der Waals surface area contributed by atoms with Gasteiger partial charge in [0.25, 0.3) is 0 Å². The van der Waals surface area contributed by atoms with Crippen LogP contribution in [0.15, 0.2) is 30.3 Å². The van der Waals surface area contributed by atoms with Crippen molar-refractivity contribution >= 4 is 5.91 Å². The van der Waals surface area contributed by atoms with Gasteiger partial charge < -0.3 is 34.8 Å². The molecule has 2 fully saturated rings. The molecule has 29 heavy (non-hydrogen) atoms. The van der Waals surface area contributed by atoms with Crippen molar-refractivity contribution in [3.05, 3.63) is 35.9 Å². The zero-order chi connectivity index (χ0) is 20.6. The van der Waals surface area contributed by atoms with E-state index in [4.69, 9.17) is 14.2 Å². The van der Waals surface area contributed by atoms with Crippen LogP contribution >= 0.6 is 0 Å². The number of rotatable bonds is 2. The van der Waals surface area contributed by atoms with Gasteiger partial charge in [0.1, 0.15) is 24.4 Å². The van der Waals surface area contributed by atoms with E-state index in [0.29, 0.717) is 26.2 Å². The van der Waals surface area contributed by atoms with Gasteiger partial charge in [-0.2, -0.15) is 0 Å². The molecule has 0 saturated carbocycles. The number of ether oxygens (including phenoxy) is 3. The van der Waals surface area contributed by atoms with E-state index in [-0.39, 0.29) is 25.0 Å². The largest absolute Gasteiger partial charge is 0.388 e. The average molecular weight is 409 g/mol. The lowest BCUT2D eigenvalue weighted by Gasteiger charge is -2.40. The van der Waals surface area contributed by atoms with Gasteiger partial charge in [0.15, 0.2) is 0 Å². The Morgan fingerprint density at radius 1 is 0.897 bits per heavy atom. The number of aliphatic hydroxyl groups excluding tert-OH is 3. The fraction of sp³-hybridized carbons (Fsp3) is 0.667. The number of nitrogens with one attached hydrogen (secondary N) is 1. The third kappa shape index (κ3) is 6.47. The zero-order valence-corrected chi connectivity index (χ0v) is 16.5. The molecular formula is C21H31NO7. The van der Waals surface area contributed by atoms with E-state index in [1.807, 2.05) is 30.3 Å². The highest BCUT2D eigenvalue weighted by Gasteiger charge is 2.44. The van der Waals surface area contributed by atoms with Crippen LogP contribution in [0.1, 0.15) is 24.8 Å². The van der Waals surface area contributed by atoms with Crippen molar-refractivity contribution in [2.24, 2.45) is 0 Å². The minimum Gasteiger partial charge on any atom is -0.388 e. The third-order valence-electron chi connectivity index (χ3n) is 5.32. The Hall–Kier alpha value is -1.55. The average Bonchev–Trinajstić information content (AvgIpc) is 2.72. The first-order valence-electron chi connectivity index (χ1n) is 10.2. The number of aliphatic hydroxyl groups is 3. The first-order valence-corrected chi connectivity index (χ1v) is 10.2. The molecule has 8 heteroatoms. The van der Waals surface area contributed by atoms with E-state index in [1.54, 1.807) is 0 Å². The molecule has 2 bridgehead atoms. The lowest BCUT2D eigenvalue weighted by Crippen LogP contribution is -2.59. The summed E-state index contributed by atoms with van der Waals surface area (Å²) >= 11 is 0. The molecule has 0 spiro atoms. The Morgan fingerprint density at radius 2 is 1.55 bits per heavy atom. The van der Waals surface area contributed by atoms with Crippen molar-refractivity contribution in [2.75, 3.05) is 26.4 Å². The van der Waals surface area contributed by atoms with E-state index in [0.717, 1.165) is 18.4 Å². The van der Waals surface area contributed by atoms with E-state index >= 15 is 0 Å². The van der Waals surface area contributed by atoms with Crippen LogP contribution in [0.5, 0.6) is 0 Å². The molecule has 2 saturated heterocycles. The Labute approximate surface area is 170 Å². The molecule has 0 aliphatic carbocycles. The quantitative estimate of drug-likeness (QED) is 0.534. The van der Waals surface area contributed by atoms with E-state index in [1.165, 1.54) is 0 Å². The molecule has 0 unspecified atom stereocenters. The van der Waals surface area contributed by atoms with Gasteiger partial charge in [-0.3, -0.25) is 4.79 Å². The van der Waals surface area contributed by atoms with Gasteiger partial charge in [-0.25, -0.2) is 0 Å². The number of carbonyl (C=O) groups is 1. The Morgan fingerprint density at radius 3 is 2.28 bits per heavy atom. The molecule has 8 nitrogen and oxygen atoms in total. The predicted molar refractivity (Wildman–Crippen MR) is 104 cm³/mol. The molecule has 1 aromatic rings. The Kier molecular flexibility index (Phi) is 8.40. The summed E-state index contributed by atoms with van der Waals surface area (Å²) in [5, 5.41) is 33.5. The van der Waals surface area contributed by atoms with E-state index < -0.39 is 30.5 Å². The summed E-state index contributed by atoms with van der Waals surface area (Å²) in [6.45, 7) is 1.50. The van der Waals surface area contributed by atoms with Crippen LogP contribution in [0.3, 0.4) is 0 Å². The van der Waals surface area contributed by atoms with Gasteiger partial charge in [-0.15, -0.1) is 0 Å². The van der Waals surface area contributed by atoms with Gasteiger partial charge in [0, 0.05) is 13.2 Å². The smallest absolute Gasteiger partial charge is 0.223 e. The second kappa shape index (κ2) is 11.0. The minimum absolute atomic E-state index is 0.0839. The molecule has 3 rings (SSSR count). The summed E-state index contributed by atoms with van der Waals surface area (Å²) in [5.74, 6) is -0.309. The third-order valence-corrected chi connectivity index (χ3v) is 5.32. The number of fused-ring (bicyclic) bond motifs is 2. The molecule has 0 aromatic heterocycles. The normalized spacial score (nSPS) is 35.2. The molecule has 2 heterocycles. The summed E-state index contributed by atoms with van der Waals surface area (Å²) in [4.78, 5) is 12.6. The highest BCUT2D eigenvalue weighted by molar-refractivity contribution is 5.77. The highest BCUT2D eigenvalue weighted by atomic mass is 16.6. The monoisotopic (exact) mass is 409 g/mol. The standard InChI is InChI=1S/C21H31NO7/c23-18-11-16-19(24)21(26)20(25)17(29-16)13-28-9-5-4-8-27-12-15(22-18)10-14-6-2-1-3-7-14/h1-3,6-7,15-17,19-21,24-26H,4-5,8-13H2,(H,22,23)/t15-,16-,17+,19-,20+,21+/m0/s1. The van der Waals surface area contributed by atoms with Crippen molar-refractivity contribution in [2.45, 2.75) is 62.2 Å². The lowest BCUT2D eigenvalue weighted by atomic mass is 9.93. The second-order valence-corrected chi connectivity index (χ2v) is 7.70. The first kappa shape index (κ1) is 22.1. The van der Waals surface area contributed by atoms with Crippen LogP contribution in [-0.2, 0) is 25.4 Å². The fourth-order valence-electron chi connectivity index (χ4n) is 3.69.